The minimum Gasteiger partial charge on any atom is -0.490 e. The van der Waals surface area contributed by atoms with Crippen LogP contribution in [0.15, 0.2) is 47.5 Å². The van der Waals surface area contributed by atoms with E-state index >= 15 is 0 Å². The van der Waals surface area contributed by atoms with Gasteiger partial charge in [0.05, 0.1) is 6.61 Å². The topological polar surface area (TPSA) is 75.2 Å². The number of hydrogen-bond donors (Lipinski definition) is 2. The van der Waals surface area contributed by atoms with Gasteiger partial charge in [0.2, 0.25) is 0 Å². The number of rotatable bonds is 10. The van der Waals surface area contributed by atoms with Crippen molar-refractivity contribution in [2.75, 3.05) is 34.3 Å². The predicted molar refractivity (Wildman–Crippen MR) is 136 cm³/mol. The van der Waals surface area contributed by atoms with E-state index in [0.717, 1.165) is 5.56 Å². The monoisotopic (exact) mass is 576 g/mol. The van der Waals surface area contributed by atoms with E-state index in [9.17, 15) is 13.6 Å². The third-order valence-electron chi connectivity index (χ3n) is 4.52. The predicted octanol–water partition coefficient (Wildman–Crippen LogP) is 3.91. The molecule has 0 atom stereocenters. The quantitative estimate of drug-likeness (QED) is 0.255. The summed E-state index contributed by atoms with van der Waals surface area (Å²) in [5.41, 5.74) is 2.17. The maximum Gasteiger partial charge on any atom is 0.387 e. The molecule has 182 valence electrons. The van der Waals surface area contributed by atoms with Crippen LogP contribution in [0, 0.1) is 0 Å². The van der Waals surface area contributed by atoms with Gasteiger partial charge < -0.3 is 25.0 Å². The van der Waals surface area contributed by atoms with E-state index in [2.05, 4.69) is 15.6 Å². The molecule has 2 aromatic rings. The van der Waals surface area contributed by atoms with E-state index in [4.69, 9.17) is 9.47 Å². The molecule has 0 saturated heterocycles. The number of alkyl halides is 2. The van der Waals surface area contributed by atoms with Gasteiger partial charge in [0.15, 0.2) is 17.5 Å². The Balaban J connectivity index is 0.00000544. The summed E-state index contributed by atoms with van der Waals surface area (Å²) in [6, 6.07) is 12.5. The van der Waals surface area contributed by atoms with Crippen LogP contribution >= 0.6 is 24.0 Å². The maximum absolute atomic E-state index is 12.9. The van der Waals surface area contributed by atoms with Crippen molar-refractivity contribution in [2.45, 2.75) is 26.5 Å². The van der Waals surface area contributed by atoms with Gasteiger partial charge in [0, 0.05) is 45.4 Å². The number of carbonyl (C=O) groups excluding carboxylic acids is 1. The zero-order valence-corrected chi connectivity index (χ0v) is 21.6. The lowest BCUT2D eigenvalue weighted by atomic mass is 10.1. The zero-order valence-electron chi connectivity index (χ0n) is 19.2. The summed E-state index contributed by atoms with van der Waals surface area (Å²) in [4.78, 5) is 17.8. The minimum absolute atomic E-state index is 0. The van der Waals surface area contributed by atoms with E-state index in [1.165, 1.54) is 4.90 Å². The first kappa shape index (κ1) is 28.4. The van der Waals surface area contributed by atoms with Crippen molar-refractivity contribution in [1.29, 1.82) is 0 Å². The van der Waals surface area contributed by atoms with Crippen LogP contribution in [0.3, 0.4) is 0 Å². The molecule has 0 fully saturated rings. The normalized spacial score (nSPS) is 10.9. The Morgan fingerprint density at radius 2 is 1.88 bits per heavy atom. The second kappa shape index (κ2) is 14.5. The van der Waals surface area contributed by atoms with Crippen LogP contribution in [0.1, 0.15) is 28.4 Å². The SMILES string of the molecule is CCOc1cccc(CNC(=NC)NCCc2cccc(C(=O)N(C)C)c2)c1OC(F)F.I. The standard InChI is InChI=1S/C23H30F2N4O3.HI/c1-5-31-19-11-7-10-18(20(19)32-22(24)25)15-28-23(26-2)27-13-12-16-8-6-9-17(14-16)21(30)29(3)4;/h6-11,14,22H,5,12-13,15H2,1-4H3,(H2,26,27,28);1H. The molecule has 0 radical (unpaired) electrons. The van der Waals surface area contributed by atoms with Gasteiger partial charge >= 0.3 is 6.61 Å². The molecule has 0 heterocycles. The third-order valence-corrected chi connectivity index (χ3v) is 4.52. The van der Waals surface area contributed by atoms with Gasteiger partial charge in [-0.05, 0) is 37.1 Å². The molecule has 2 N–H and O–H groups in total. The van der Waals surface area contributed by atoms with Crippen molar-refractivity contribution in [3.05, 3.63) is 59.2 Å². The highest BCUT2D eigenvalue weighted by atomic mass is 127. The molecule has 1 amide bonds. The third kappa shape index (κ3) is 9.03. The average Bonchev–Trinajstić information content (AvgIpc) is 2.77. The Hall–Kier alpha value is -2.63. The lowest BCUT2D eigenvalue weighted by Crippen LogP contribution is -2.38. The highest BCUT2D eigenvalue weighted by Gasteiger charge is 2.16. The molecule has 0 aliphatic heterocycles. The van der Waals surface area contributed by atoms with E-state index in [0.29, 0.717) is 36.7 Å². The van der Waals surface area contributed by atoms with E-state index in [1.807, 2.05) is 18.2 Å². The van der Waals surface area contributed by atoms with Gasteiger partial charge in [0.25, 0.3) is 5.91 Å². The van der Waals surface area contributed by atoms with E-state index in [-0.39, 0.29) is 47.9 Å². The summed E-state index contributed by atoms with van der Waals surface area (Å²) in [5, 5.41) is 6.28. The minimum atomic E-state index is -2.96. The number of halogens is 3. The fourth-order valence-electron chi connectivity index (χ4n) is 3.04. The summed E-state index contributed by atoms with van der Waals surface area (Å²) in [7, 11) is 5.06. The van der Waals surface area contributed by atoms with Crippen LogP contribution in [0.25, 0.3) is 0 Å². The number of nitrogens with one attached hydrogen (secondary N) is 2. The van der Waals surface area contributed by atoms with Crippen LogP contribution < -0.4 is 20.1 Å². The van der Waals surface area contributed by atoms with Gasteiger partial charge in [0.1, 0.15) is 0 Å². The average molecular weight is 576 g/mol. The molecule has 0 aliphatic carbocycles. The molecular formula is C23H31F2IN4O3. The van der Waals surface area contributed by atoms with Crippen LogP contribution in [-0.2, 0) is 13.0 Å². The Labute approximate surface area is 210 Å². The van der Waals surface area contributed by atoms with Crippen molar-refractivity contribution < 1.29 is 23.0 Å². The number of guanidine groups is 1. The second-order valence-corrected chi connectivity index (χ2v) is 7.06. The Kier molecular flexibility index (Phi) is 12.5. The molecule has 0 aliphatic rings. The first-order valence-corrected chi connectivity index (χ1v) is 10.3. The number of hydrogen-bond acceptors (Lipinski definition) is 4. The van der Waals surface area contributed by atoms with Gasteiger partial charge in [-0.2, -0.15) is 8.78 Å². The van der Waals surface area contributed by atoms with E-state index < -0.39 is 6.61 Å². The molecule has 0 saturated carbocycles. The number of benzene rings is 2. The smallest absolute Gasteiger partial charge is 0.387 e. The Morgan fingerprint density at radius 1 is 1.15 bits per heavy atom. The first-order chi connectivity index (χ1) is 15.3. The number of nitrogens with zero attached hydrogens (tertiary/aromatic N) is 2. The number of amides is 1. The highest BCUT2D eigenvalue weighted by Crippen LogP contribution is 2.32. The van der Waals surface area contributed by atoms with Gasteiger partial charge in [-0.3, -0.25) is 9.79 Å². The molecule has 0 bridgehead atoms. The summed E-state index contributed by atoms with van der Waals surface area (Å²) in [6.45, 7) is -0.0626. The largest absolute Gasteiger partial charge is 0.490 e. The summed E-state index contributed by atoms with van der Waals surface area (Å²) in [6.07, 6.45) is 0.675. The molecule has 7 nitrogen and oxygen atoms in total. The van der Waals surface area contributed by atoms with Crippen LogP contribution in [0.2, 0.25) is 0 Å². The fourth-order valence-corrected chi connectivity index (χ4v) is 3.04. The lowest BCUT2D eigenvalue weighted by molar-refractivity contribution is -0.0520. The maximum atomic E-state index is 12.9. The zero-order chi connectivity index (χ0) is 23.5. The van der Waals surface area contributed by atoms with Gasteiger partial charge in [-0.1, -0.05) is 24.3 Å². The van der Waals surface area contributed by atoms with Crippen LogP contribution in [-0.4, -0.2) is 57.7 Å². The fraction of sp³-hybridized carbons (Fsp3) is 0.391. The molecule has 2 aromatic carbocycles. The highest BCUT2D eigenvalue weighted by molar-refractivity contribution is 14.0. The summed E-state index contributed by atoms with van der Waals surface area (Å²) < 4.78 is 35.9. The van der Waals surface area contributed by atoms with Gasteiger partial charge in [-0.15, -0.1) is 24.0 Å². The molecule has 0 spiro atoms. The molecule has 0 aromatic heterocycles. The number of ether oxygens (including phenoxy) is 2. The van der Waals surface area contributed by atoms with Crippen molar-refractivity contribution in [3.63, 3.8) is 0 Å². The molecule has 33 heavy (non-hydrogen) atoms. The van der Waals surface area contributed by atoms with Crippen LogP contribution in [0.4, 0.5) is 8.78 Å². The van der Waals surface area contributed by atoms with Crippen LogP contribution in [0.5, 0.6) is 11.5 Å². The molecule has 10 heteroatoms. The first-order valence-electron chi connectivity index (χ1n) is 10.3. The van der Waals surface area contributed by atoms with Crippen molar-refractivity contribution in [1.82, 2.24) is 15.5 Å². The van der Waals surface area contributed by atoms with Gasteiger partial charge in [-0.25, -0.2) is 0 Å². The number of aliphatic imine (C=N–C) groups is 1. The second-order valence-electron chi connectivity index (χ2n) is 7.06. The lowest BCUT2D eigenvalue weighted by Gasteiger charge is -2.17. The van der Waals surface area contributed by atoms with Crippen molar-refractivity contribution >= 4 is 35.8 Å². The molecule has 0 unspecified atom stereocenters. The molecule has 2 rings (SSSR count). The number of para-hydroxylation sites is 1. The molecular weight excluding hydrogens is 545 g/mol. The van der Waals surface area contributed by atoms with Crippen molar-refractivity contribution in [2.24, 2.45) is 4.99 Å². The van der Waals surface area contributed by atoms with Crippen molar-refractivity contribution in [3.8, 4) is 11.5 Å². The van der Waals surface area contributed by atoms with E-state index in [1.54, 1.807) is 52.3 Å². The summed E-state index contributed by atoms with van der Waals surface area (Å²) >= 11 is 0. The summed E-state index contributed by atoms with van der Waals surface area (Å²) in [5.74, 6) is 0.737. The Morgan fingerprint density at radius 3 is 2.52 bits per heavy atom. The Bertz CT molecular complexity index is 926. The number of carbonyl (C=O) groups is 1.